The van der Waals surface area contributed by atoms with Gasteiger partial charge in [0.2, 0.25) is 4.96 Å². The zero-order valence-electron chi connectivity index (χ0n) is 7.24. The molecule has 0 saturated heterocycles. The third-order valence-electron chi connectivity index (χ3n) is 1.86. The lowest BCUT2D eigenvalue weighted by Gasteiger charge is -1.88. The Hall–Kier alpha value is -0.900. The maximum absolute atomic E-state index is 4.43. The lowest BCUT2D eigenvalue weighted by Crippen LogP contribution is -1.91. The Balaban J connectivity index is 2.60. The Morgan fingerprint density at radius 3 is 2.92 bits per heavy atom. The number of aryl methyl sites for hydroxylation is 2. The van der Waals surface area contributed by atoms with Crippen LogP contribution in [-0.2, 0) is 12.8 Å². The van der Waals surface area contributed by atoms with Gasteiger partial charge in [0, 0.05) is 0 Å². The molecule has 0 fully saturated rings. The second kappa shape index (κ2) is 2.86. The fraction of sp³-hybridized carbons (Fsp3) is 0.500. The molecular formula is C8H11N3S. The number of rotatable bonds is 2. The van der Waals surface area contributed by atoms with Crippen LogP contribution in [0.3, 0.4) is 0 Å². The minimum Gasteiger partial charge on any atom is -0.226 e. The quantitative estimate of drug-likeness (QED) is 0.708. The second-order valence-electron chi connectivity index (χ2n) is 2.65. The molecule has 0 amide bonds. The molecule has 0 unspecified atom stereocenters. The summed E-state index contributed by atoms with van der Waals surface area (Å²) in [7, 11) is 0. The first-order chi connectivity index (χ1) is 5.85. The van der Waals surface area contributed by atoms with Crippen molar-refractivity contribution in [2.75, 3.05) is 0 Å². The van der Waals surface area contributed by atoms with E-state index in [1.807, 2.05) is 10.7 Å². The number of hydrogen-bond donors (Lipinski definition) is 0. The van der Waals surface area contributed by atoms with Gasteiger partial charge in [-0.25, -0.2) is 9.50 Å². The first kappa shape index (κ1) is 7.73. The maximum Gasteiger partial charge on any atom is 0.212 e. The zero-order chi connectivity index (χ0) is 8.55. The summed E-state index contributed by atoms with van der Waals surface area (Å²) in [5, 5.41) is 5.59. The number of nitrogens with zero attached hydrogens (tertiary/aromatic N) is 3. The SMILES string of the molecule is CCc1nn2c(CC)cnc2s1. The fourth-order valence-corrected chi connectivity index (χ4v) is 1.99. The number of fused-ring (bicyclic) bond motifs is 1. The van der Waals surface area contributed by atoms with Gasteiger partial charge in [-0.15, -0.1) is 0 Å². The zero-order valence-corrected chi connectivity index (χ0v) is 8.06. The molecule has 0 radical (unpaired) electrons. The summed E-state index contributed by atoms with van der Waals surface area (Å²) in [5.41, 5.74) is 1.20. The van der Waals surface area contributed by atoms with Crippen molar-refractivity contribution in [3.63, 3.8) is 0 Å². The van der Waals surface area contributed by atoms with Gasteiger partial charge in [0.25, 0.3) is 0 Å². The minimum atomic E-state index is 0.994. The number of imidazole rings is 1. The third-order valence-corrected chi connectivity index (χ3v) is 2.93. The summed E-state index contributed by atoms with van der Waals surface area (Å²) in [5.74, 6) is 0. The van der Waals surface area contributed by atoms with Crippen molar-refractivity contribution >= 4 is 16.3 Å². The summed E-state index contributed by atoms with van der Waals surface area (Å²) < 4.78 is 1.95. The smallest absolute Gasteiger partial charge is 0.212 e. The summed E-state index contributed by atoms with van der Waals surface area (Å²) in [4.78, 5) is 5.29. The topological polar surface area (TPSA) is 30.2 Å². The van der Waals surface area contributed by atoms with Crippen LogP contribution in [0.2, 0.25) is 0 Å². The van der Waals surface area contributed by atoms with Crippen LogP contribution in [0.4, 0.5) is 0 Å². The molecule has 0 aromatic carbocycles. The van der Waals surface area contributed by atoms with Crippen LogP contribution in [0.5, 0.6) is 0 Å². The van der Waals surface area contributed by atoms with Crippen LogP contribution in [-0.4, -0.2) is 14.6 Å². The van der Waals surface area contributed by atoms with Crippen LogP contribution in [0.25, 0.3) is 4.96 Å². The van der Waals surface area contributed by atoms with Gasteiger partial charge in [0.15, 0.2) is 0 Å². The van der Waals surface area contributed by atoms with Gasteiger partial charge in [-0.2, -0.15) is 5.10 Å². The number of aromatic nitrogens is 3. The van der Waals surface area contributed by atoms with Crippen molar-refractivity contribution in [3.05, 3.63) is 16.9 Å². The fourth-order valence-electron chi connectivity index (χ4n) is 1.16. The van der Waals surface area contributed by atoms with Gasteiger partial charge in [0.1, 0.15) is 5.01 Å². The molecule has 0 spiro atoms. The summed E-state index contributed by atoms with van der Waals surface area (Å²) in [6, 6.07) is 0. The van der Waals surface area contributed by atoms with E-state index >= 15 is 0 Å². The molecule has 12 heavy (non-hydrogen) atoms. The first-order valence-electron chi connectivity index (χ1n) is 4.17. The van der Waals surface area contributed by atoms with E-state index in [9.17, 15) is 0 Å². The molecule has 2 heterocycles. The second-order valence-corrected chi connectivity index (χ2v) is 3.69. The standard InChI is InChI=1S/C8H11N3S/c1-3-6-5-9-8-11(6)10-7(4-2)12-8/h5H,3-4H2,1-2H3. The molecular weight excluding hydrogens is 170 g/mol. The predicted molar refractivity (Wildman–Crippen MR) is 49.6 cm³/mol. The van der Waals surface area contributed by atoms with Crippen LogP contribution >= 0.6 is 11.3 Å². The summed E-state index contributed by atoms with van der Waals surface area (Å²) in [6.07, 6.45) is 3.89. The van der Waals surface area contributed by atoms with Crippen molar-refractivity contribution in [1.29, 1.82) is 0 Å². The number of hydrogen-bond acceptors (Lipinski definition) is 3. The van der Waals surface area contributed by atoms with E-state index in [0.717, 1.165) is 22.8 Å². The van der Waals surface area contributed by atoms with E-state index in [1.165, 1.54) is 5.69 Å². The molecule has 0 bridgehead atoms. The molecule has 0 N–H and O–H groups in total. The van der Waals surface area contributed by atoms with Crippen LogP contribution in [0, 0.1) is 0 Å². The molecule has 0 atom stereocenters. The molecule has 3 nitrogen and oxygen atoms in total. The normalized spacial score (nSPS) is 11.2. The van der Waals surface area contributed by atoms with Crippen molar-refractivity contribution in [2.45, 2.75) is 26.7 Å². The van der Waals surface area contributed by atoms with Gasteiger partial charge >= 0.3 is 0 Å². The monoisotopic (exact) mass is 181 g/mol. The average Bonchev–Trinajstić information content (AvgIpc) is 2.61. The molecule has 2 aromatic rings. The Labute approximate surface area is 75.1 Å². The van der Waals surface area contributed by atoms with Gasteiger partial charge in [0.05, 0.1) is 11.9 Å². The van der Waals surface area contributed by atoms with Gasteiger partial charge in [-0.3, -0.25) is 0 Å². The molecule has 4 heteroatoms. The predicted octanol–water partition coefficient (Wildman–Crippen LogP) is 1.92. The Bertz CT molecular complexity index is 388. The van der Waals surface area contributed by atoms with Crippen LogP contribution in [0.15, 0.2) is 6.20 Å². The van der Waals surface area contributed by atoms with Crippen molar-refractivity contribution < 1.29 is 0 Å². The summed E-state index contributed by atoms with van der Waals surface area (Å²) >= 11 is 1.67. The minimum absolute atomic E-state index is 0.994. The van der Waals surface area contributed by atoms with Crippen molar-refractivity contribution in [2.24, 2.45) is 0 Å². The van der Waals surface area contributed by atoms with E-state index in [2.05, 4.69) is 23.9 Å². The van der Waals surface area contributed by atoms with E-state index in [1.54, 1.807) is 11.3 Å². The first-order valence-corrected chi connectivity index (χ1v) is 4.99. The Kier molecular flexibility index (Phi) is 1.84. The van der Waals surface area contributed by atoms with Gasteiger partial charge in [-0.05, 0) is 12.8 Å². The molecule has 64 valence electrons. The maximum atomic E-state index is 4.43. The van der Waals surface area contributed by atoms with Crippen molar-refractivity contribution in [1.82, 2.24) is 14.6 Å². The highest BCUT2D eigenvalue weighted by atomic mass is 32.1. The lowest BCUT2D eigenvalue weighted by atomic mass is 10.4. The molecule has 2 aromatic heterocycles. The van der Waals surface area contributed by atoms with Crippen LogP contribution in [0.1, 0.15) is 24.5 Å². The molecule has 2 rings (SSSR count). The highest BCUT2D eigenvalue weighted by Crippen LogP contribution is 2.15. The van der Waals surface area contributed by atoms with Crippen LogP contribution < -0.4 is 0 Å². The van der Waals surface area contributed by atoms with E-state index in [-0.39, 0.29) is 0 Å². The van der Waals surface area contributed by atoms with E-state index < -0.39 is 0 Å². The van der Waals surface area contributed by atoms with Gasteiger partial charge in [-0.1, -0.05) is 25.2 Å². The average molecular weight is 181 g/mol. The van der Waals surface area contributed by atoms with E-state index in [4.69, 9.17) is 0 Å². The Morgan fingerprint density at radius 1 is 1.42 bits per heavy atom. The lowest BCUT2D eigenvalue weighted by molar-refractivity contribution is 0.848. The highest BCUT2D eigenvalue weighted by molar-refractivity contribution is 7.16. The van der Waals surface area contributed by atoms with Gasteiger partial charge < -0.3 is 0 Å². The van der Waals surface area contributed by atoms with E-state index in [0.29, 0.717) is 0 Å². The molecule has 0 aliphatic heterocycles. The largest absolute Gasteiger partial charge is 0.226 e. The third kappa shape index (κ3) is 1.03. The summed E-state index contributed by atoms with van der Waals surface area (Å²) in [6.45, 7) is 4.23. The molecule has 0 aliphatic rings. The molecule has 0 aliphatic carbocycles. The molecule has 0 saturated carbocycles. The van der Waals surface area contributed by atoms with Crippen molar-refractivity contribution in [3.8, 4) is 0 Å². The highest BCUT2D eigenvalue weighted by Gasteiger charge is 2.06. The Morgan fingerprint density at radius 2 is 2.25 bits per heavy atom.